The molecule has 0 aliphatic carbocycles. The van der Waals surface area contributed by atoms with Crippen LogP contribution in [0.2, 0.25) is 0 Å². The summed E-state index contributed by atoms with van der Waals surface area (Å²) in [4.78, 5) is 16.7. The number of benzene rings is 2. The molecule has 0 saturated carbocycles. The number of carbonyl (C=O) groups is 1. The molecule has 2 aromatic heterocycles. The second-order valence-electron chi connectivity index (χ2n) is 8.57. The highest BCUT2D eigenvalue weighted by molar-refractivity contribution is 6.13. The van der Waals surface area contributed by atoms with Crippen LogP contribution in [-0.2, 0) is 17.5 Å². The van der Waals surface area contributed by atoms with Crippen molar-refractivity contribution in [1.29, 1.82) is 0 Å². The van der Waals surface area contributed by atoms with E-state index in [-0.39, 0.29) is 30.1 Å². The number of Topliss-reactive ketones (excluding diaryl/α,β-unsaturated/α-hetero) is 1. The quantitative estimate of drug-likeness (QED) is 0.347. The molecule has 35 heavy (non-hydrogen) atoms. The van der Waals surface area contributed by atoms with Crippen molar-refractivity contribution in [1.82, 2.24) is 14.3 Å². The number of aryl methyl sites for hydroxylation is 3. The van der Waals surface area contributed by atoms with Crippen LogP contribution >= 0.6 is 0 Å². The molecule has 0 amide bonds. The van der Waals surface area contributed by atoms with Crippen molar-refractivity contribution in [3.05, 3.63) is 77.1 Å². The molecule has 0 spiro atoms. The fourth-order valence-electron chi connectivity index (χ4n) is 4.19. The Morgan fingerprint density at radius 3 is 2.46 bits per heavy atom. The van der Waals surface area contributed by atoms with Gasteiger partial charge in [0.25, 0.3) is 0 Å². The number of aromatic hydroxyl groups is 1. The summed E-state index contributed by atoms with van der Waals surface area (Å²) in [6.07, 6.45) is -0.905. The maximum atomic E-state index is 13.5. The zero-order valence-corrected chi connectivity index (χ0v) is 19.6. The number of halogens is 3. The van der Waals surface area contributed by atoms with Crippen LogP contribution in [0.4, 0.5) is 13.2 Å². The van der Waals surface area contributed by atoms with Crippen LogP contribution in [0.25, 0.3) is 16.6 Å². The Bertz CT molecular complexity index is 1400. The first-order valence-corrected chi connectivity index (χ1v) is 11.1. The molecule has 4 rings (SSSR count). The van der Waals surface area contributed by atoms with Crippen molar-refractivity contribution >= 4 is 22.4 Å². The van der Waals surface area contributed by atoms with Crippen LogP contribution in [0.5, 0.6) is 5.88 Å². The number of carbonyl (C=O) groups excluding carboxylic acids is 1. The van der Waals surface area contributed by atoms with Gasteiger partial charge >= 0.3 is 6.18 Å². The predicted molar refractivity (Wildman–Crippen MR) is 128 cm³/mol. The Balaban J connectivity index is 1.76. The predicted octanol–water partition coefficient (Wildman–Crippen LogP) is 5.64. The lowest BCUT2D eigenvalue weighted by atomic mass is 10.1. The zero-order chi connectivity index (χ0) is 25.3. The first-order valence-electron chi connectivity index (χ1n) is 11.1. The summed E-state index contributed by atoms with van der Waals surface area (Å²) in [6, 6.07) is 10.6. The minimum absolute atomic E-state index is 0.108. The van der Waals surface area contributed by atoms with E-state index in [1.54, 1.807) is 42.2 Å². The second kappa shape index (κ2) is 9.40. The summed E-state index contributed by atoms with van der Waals surface area (Å²) in [6.45, 7) is 5.71. The Labute approximate surface area is 200 Å². The number of hydrogen-bond acceptors (Lipinski definition) is 4. The van der Waals surface area contributed by atoms with Gasteiger partial charge in [-0.25, -0.2) is 0 Å². The van der Waals surface area contributed by atoms with Gasteiger partial charge in [0, 0.05) is 42.1 Å². The van der Waals surface area contributed by atoms with E-state index in [2.05, 4.69) is 10.1 Å². The van der Waals surface area contributed by atoms with E-state index in [4.69, 9.17) is 0 Å². The van der Waals surface area contributed by atoms with E-state index in [1.807, 2.05) is 19.9 Å². The molecular weight excluding hydrogens is 457 g/mol. The maximum absolute atomic E-state index is 13.5. The number of fused-ring (bicyclic) bond motifs is 1. The number of aliphatic imine (C=N–C) groups is 1. The molecule has 6 nitrogen and oxygen atoms in total. The highest BCUT2D eigenvalue weighted by Gasteiger charge is 2.32. The highest BCUT2D eigenvalue weighted by atomic mass is 19.4. The molecule has 2 heterocycles. The maximum Gasteiger partial charge on any atom is 0.416 e. The number of hydrogen-bond donors (Lipinski definition) is 1. The highest BCUT2D eigenvalue weighted by Crippen LogP contribution is 2.39. The molecular formula is C26H25F3N4O2. The van der Waals surface area contributed by atoms with Gasteiger partial charge in [0.1, 0.15) is 0 Å². The van der Waals surface area contributed by atoms with Gasteiger partial charge in [0.05, 0.1) is 23.2 Å². The lowest BCUT2D eigenvalue weighted by Crippen LogP contribution is -2.10. The van der Waals surface area contributed by atoms with E-state index in [0.717, 1.165) is 23.3 Å². The van der Waals surface area contributed by atoms with Crippen molar-refractivity contribution < 1.29 is 23.1 Å². The number of nitrogens with zero attached hydrogens (tertiary/aromatic N) is 4. The van der Waals surface area contributed by atoms with E-state index in [0.29, 0.717) is 28.9 Å². The summed E-state index contributed by atoms with van der Waals surface area (Å²) in [5, 5.41) is 15.7. The van der Waals surface area contributed by atoms with Crippen molar-refractivity contribution in [2.45, 2.75) is 39.9 Å². The van der Waals surface area contributed by atoms with Crippen LogP contribution in [0, 0.1) is 13.8 Å². The monoisotopic (exact) mass is 482 g/mol. The fourth-order valence-corrected chi connectivity index (χ4v) is 4.19. The molecule has 0 unspecified atom stereocenters. The minimum Gasteiger partial charge on any atom is -0.494 e. The third kappa shape index (κ3) is 5.13. The topological polar surface area (TPSA) is 72.4 Å². The first-order chi connectivity index (χ1) is 16.5. The van der Waals surface area contributed by atoms with Crippen molar-refractivity contribution in [2.24, 2.45) is 4.99 Å². The summed E-state index contributed by atoms with van der Waals surface area (Å²) >= 11 is 0. The van der Waals surface area contributed by atoms with Crippen LogP contribution < -0.4 is 0 Å². The van der Waals surface area contributed by atoms with Crippen molar-refractivity contribution in [3.63, 3.8) is 0 Å². The van der Waals surface area contributed by atoms with Gasteiger partial charge < -0.3 is 5.11 Å². The number of alkyl halides is 3. The standard InChI is InChI=1S/C26H25F3N4O2/c1-16-11-17(2)13-20(12-16)33-23-14-19(26(27,28)29)5-6-22(23)24(25(33)35)18(3)30-15-21(34)7-10-32-9-4-8-31-32/h4-6,8-9,11-14,35H,7,10,15H2,1-3H3. The van der Waals surface area contributed by atoms with E-state index in [1.165, 1.54) is 10.6 Å². The van der Waals surface area contributed by atoms with Crippen LogP contribution in [0.1, 0.15) is 35.6 Å². The molecule has 0 aliphatic rings. The van der Waals surface area contributed by atoms with Gasteiger partial charge in [-0.3, -0.25) is 19.0 Å². The Kier molecular flexibility index (Phi) is 6.51. The molecule has 0 bridgehead atoms. The number of ketones is 1. The summed E-state index contributed by atoms with van der Waals surface area (Å²) in [5.41, 5.74) is 2.40. The summed E-state index contributed by atoms with van der Waals surface area (Å²) < 4.78 is 43.5. The third-order valence-corrected chi connectivity index (χ3v) is 5.77. The van der Waals surface area contributed by atoms with Crippen LogP contribution in [0.3, 0.4) is 0 Å². The third-order valence-electron chi connectivity index (χ3n) is 5.77. The van der Waals surface area contributed by atoms with E-state index >= 15 is 0 Å². The van der Waals surface area contributed by atoms with Gasteiger partial charge in [-0.1, -0.05) is 12.1 Å². The number of rotatable bonds is 7. The molecule has 0 fully saturated rings. The molecule has 0 radical (unpaired) electrons. The van der Waals surface area contributed by atoms with Gasteiger partial charge in [0.2, 0.25) is 5.88 Å². The molecule has 9 heteroatoms. The Hall–Kier alpha value is -3.88. The molecule has 0 aliphatic heterocycles. The van der Waals surface area contributed by atoms with Gasteiger partial charge in [0.15, 0.2) is 5.78 Å². The summed E-state index contributed by atoms with van der Waals surface area (Å²) in [5.74, 6) is -0.341. The van der Waals surface area contributed by atoms with Crippen molar-refractivity contribution in [3.8, 4) is 11.6 Å². The average Bonchev–Trinajstić information content (AvgIpc) is 3.39. The SMILES string of the molecule is CC(=NCC(=O)CCn1cccn1)c1c(O)n(-c2cc(C)cc(C)c2)c2cc(C(F)(F)F)ccc12. The molecule has 2 aromatic carbocycles. The van der Waals surface area contributed by atoms with E-state index < -0.39 is 11.7 Å². The Morgan fingerprint density at radius 1 is 1.11 bits per heavy atom. The molecule has 182 valence electrons. The van der Waals surface area contributed by atoms with Crippen molar-refractivity contribution in [2.75, 3.05) is 6.54 Å². The lowest BCUT2D eigenvalue weighted by molar-refractivity contribution is -0.137. The van der Waals surface area contributed by atoms with Crippen LogP contribution in [0.15, 0.2) is 59.9 Å². The van der Waals surface area contributed by atoms with Gasteiger partial charge in [-0.2, -0.15) is 18.3 Å². The zero-order valence-electron chi connectivity index (χ0n) is 19.6. The molecule has 0 saturated heterocycles. The normalized spacial score (nSPS) is 12.5. The molecule has 1 N–H and O–H groups in total. The first kappa shape index (κ1) is 24.3. The van der Waals surface area contributed by atoms with Crippen LogP contribution in [-0.4, -0.2) is 37.5 Å². The molecule has 4 aromatic rings. The van der Waals surface area contributed by atoms with Gasteiger partial charge in [-0.05, 0) is 62.2 Å². The smallest absolute Gasteiger partial charge is 0.416 e. The van der Waals surface area contributed by atoms with Gasteiger partial charge in [-0.15, -0.1) is 0 Å². The average molecular weight is 483 g/mol. The largest absolute Gasteiger partial charge is 0.494 e. The summed E-state index contributed by atoms with van der Waals surface area (Å²) in [7, 11) is 0. The Morgan fingerprint density at radius 2 is 1.83 bits per heavy atom. The minimum atomic E-state index is -4.54. The van der Waals surface area contributed by atoms with E-state index in [9.17, 15) is 23.1 Å². The lowest BCUT2D eigenvalue weighted by Gasteiger charge is -2.11. The molecule has 0 atom stereocenters. The number of aromatic nitrogens is 3. The second-order valence-corrected chi connectivity index (χ2v) is 8.57. The fraction of sp³-hybridized carbons (Fsp3) is 0.269.